The minimum Gasteiger partial charge on any atom is -0.491 e. The van der Waals surface area contributed by atoms with E-state index in [0.29, 0.717) is 5.75 Å². The van der Waals surface area contributed by atoms with Crippen LogP contribution < -0.4 is 15.4 Å². The second-order valence-corrected chi connectivity index (χ2v) is 5.17. The molecule has 0 aromatic heterocycles. The number of piperidine rings is 1. The number of aliphatic hydroxyl groups is 1. The van der Waals surface area contributed by atoms with E-state index in [0.717, 1.165) is 25.8 Å². The number of benzene rings is 1. The average Bonchev–Trinajstić information content (AvgIpc) is 2.53. The number of rotatable bonds is 6. The van der Waals surface area contributed by atoms with E-state index in [4.69, 9.17) is 4.74 Å². The summed E-state index contributed by atoms with van der Waals surface area (Å²) in [6.45, 7) is 1.04. The Hall–Kier alpha value is -1.37. The number of halogens is 2. The molecule has 2 atom stereocenters. The second-order valence-electron chi connectivity index (χ2n) is 5.17. The number of carbonyl (C=O) groups is 1. The standard InChI is InChI=1S/C15H21FN2O3.ClH/c16-11-4-6-13(7-5-11)21-10-12(19)9-18-15(20)14-3-1-2-8-17-14;/h4-7,12,14,17,19H,1-3,8-10H2,(H,18,20);1H. The van der Waals surface area contributed by atoms with Crippen molar-refractivity contribution in [1.29, 1.82) is 0 Å². The first-order valence-corrected chi connectivity index (χ1v) is 7.22. The Morgan fingerprint density at radius 3 is 2.77 bits per heavy atom. The SMILES string of the molecule is Cl.O=C(NCC(O)COc1ccc(F)cc1)C1CCCCN1. The molecule has 1 aliphatic heterocycles. The number of ether oxygens (including phenoxy) is 1. The zero-order valence-electron chi connectivity index (χ0n) is 12.3. The highest BCUT2D eigenvalue weighted by molar-refractivity contribution is 5.85. The lowest BCUT2D eigenvalue weighted by Crippen LogP contribution is -2.48. The Bertz CT molecular complexity index is 453. The fourth-order valence-electron chi connectivity index (χ4n) is 2.20. The van der Waals surface area contributed by atoms with E-state index in [1.54, 1.807) is 0 Å². The zero-order chi connectivity index (χ0) is 15.1. The van der Waals surface area contributed by atoms with Crippen LogP contribution in [0.3, 0.4) is 0 Å². The maximum absolute atomic E-state index is 12.7. The van der Waals surface area contributed by atoms with Crippen molar-refractivity contribution in [1.82, 2.24) is 10.6 Å². The van der Waals surface area contributed by atoms with Gasteiger partial charge >= 0.3 is 0 Å². The molecular weight excluding hydrogens is 311 g/mol. The van der Waals surface area contributed by atoms with Gasteiger partial charge in [-0.2, -0.15) is 0 Å². The average molecular weight is 333 g/mol. The highest BCUT2D eigenvalue weighted by Gasteiger charge is 2.20. The molecule has 1 saturated heterocycles. The van der Waals surface area contributed by atoms with Gasteiger partial charge < -0.3 is 20.5 Å². The van der Waals surface area contributed by atoms with E-state index in [1.165, 1.54) is 24.3 Å². The summed E-state index contributed by atoms with van der Waals surface area (Å²) in [6, 6.07) is 5.40. The van der Waals surface area contributed by atoms with Crippen molar-refractivity contribution in [2.45, 2.75) is 31.4 Å². The molecule has 7 heteroatoms. The number of hydrogen-bond donors (Lipinski definition) is 3. The number of carbonyl (C=O) groups excluding carboxylic acids is 1. The Kier molecular flexibility index (Phi) is 8.16. The lowest BCUT2D eigenvalue weighted by molar-refractivity contribution is -0.124. The summed E-state index contributed by atoms with van der Waals surface area (Å²) in [4.78, 5) is 11.8. The molecule has 2 unspecified atom stereocenters. The van der Waals surface area contributed by atoms with Gasteiger partial charge in [0.25, 0.3) is 0 Å². The quantitative estimate of drug-likeness (QED) is 0.733. The summed E-state index contributed by atoms with van der Waals surface area (Å²) >= 11 is 0. The molecule has 22 heavy (non-hydrogen) atoms. The van der Waals surface area contributed by atoms with E-state index in [9.17, 15) is 14.3 Å². The van der Waals surface area contributed by atoms with Crippen LogP contribution in [0.15, 0.2) is 24.3 Å². The van der Waals surface area contributed by atoms with Gasteiger partial charge in [-0.3, -0.25) is 4.79 Å². The van der Waals surface area contributed by atoms with E-state index >= 15 is 0 Å². The van der Waals surface area contributed by atoms with E-state index < -0.39 is 6.10 Å². The molecule has 1 aliphatic rings. The number of amides is 1. The van der Waals surface area contributed by atoms with Crippen LogP contribution >= 0.6 is 12.4 Å². The zero-order valence-corrected chi connectivity index (χ0v) is 13.1. The fraction of sp³-hybridized carbons (Fsp3) is 0.533. The summed E-state index contributed by atoms with van der Waals surface area (Å²) in [5, 5.41) is 15.6. The Labute approximate surface area is 135 Å². The Balaban J connectivity index is 0.00000242. The molecule has 0 bridgehead atoms. The molecule has 0 spiro atoms. The molecule has 1 aromatic rings. The van der Waals surface area contributed by atoms with Crippen molar-refractivity contribution in [3.8, 4) is 5.75 Å². The largest absolute Gasteiger partial charge is 0.491 e. The van der Waals surface area contributed by atoms with E-state index in [1.807, 2.05) is 0 Å². The fourth-order valence-corrected chi connectivity index (χ4v) is 2.20. The smallest absolute Gasteiger partial charge is 0.237 e. The highest BCUT2D eigenvalue weighted by Crippen LogP contribution is 2.11. The van der Waals surface area contributed by atoms with Gasteiger partial charge in [0, 0.05) is 6.54 Å². The first-order valence-electron chi connectivity index (χ1n) is 7.22. The molecule has 1 amide bonds. The first kappa shape index (κ1) is 18.7. The predicted octanol–water partition coefficient (Wildman–Crippen LogP) is 1.25. The molecule has 124 valence electrons. The normalized spacial score (nSPS) is 18.9. The predicted molar refractivity (Wildman–Crippen MR) is 83.8 cm³/mol. The van der Waals surface area contributed by atoms with Gasteiger partial charge in [0.05, 0.1) is 6.04 Å². The molecule has 3 N–H and O–H groups in total. The van der Waals surface area contributed by atoms with Crippen LogP contribution in [0.4, 0.5) is 4.39 Å². The maximum atomic E-state index is 12.7. The molecule has 1 heterocycles. The van der Waals surface area contributed by atoms with Gasteiger partial charge in [0.15, 0.2) is 0 Å². The third-order valence-electron chi connectivity index (χ3n) is 3.39. The molecule has 1 fully saturated rings. The van der Waals surface area contributed by atoms with E-state index in [2.05, 4.69) is 10.6 Å². The summed E-state index contributed by atoms with van der Waals surface area (Å²) in [7, 11) is 0. The minimum atomic E-state index is -0.803. The number of aliphatic hydroxyl groups excluding tert-OH is 1. The third kappa shape index (κ3) is 6.17. The lowest BCUT2D eigenvalue weighted by atomic mass is 10.0. The molecule has 5 nitrogen and oxygen atoms in total. The molecule has 0 radical (unpaired) electrons. The van der Waals surface area contributed by atoms with Gasteiger partial charge in [-0.25, -0.2) is 4.39 Å². The van der Waals surface area contributed by atoms with Gasteiger partial charge in [0.1, 0.15) is 24.3 Å². The first-order chi connectivity index (χ1) is 10.1. The van der Waals surface area contributed by atoms with E-state index in [-0.39, 0.29) is 43.3 Å². The monoisotopic (exact) mass is 332 g/mol. The van der Waals surface area contributed by atoms with Crippen LogP contribution in [0.2, 0.25) is 0 Å². The molecule has 2 rings (SSSR count). The second kappa shape index (κ2) is 9.61. The van der Waals surface area contributed by atoms with Crippen LogP contribution in [-0.4, -0.2) is 42.9 Å². The van der Waals surface area contributed by atoms with Crippen LogP contribution in [0, 0.1) is 5.82 Å². The van der Waals surface area contributed by atoms with Crippen LogP contribution in [0.5, 0.6) is 5.75 Å². The summed E-state index contributed by atoms with van der Waals surface area (Å²) in [5.74, 6) is 0.0569. The molecule has 0 saturated carbocycles. The molecule has 0 aliphatic carbocycles. The Morgan fingerprint density at radius 1 is 1.41 bits per heavy atom. The third-order valence-corrected chi connectivity index (χ3v) is 3.39. The van der Waals surface area contributed by atoms with Gasteiger partial charge in [0.2, 0.25) is 5.91 Å². The topological polar surface area (TPSA) is 70.6 Å². The van der Waals surface area contributed by atoms with Crippen LogP contribution in [0.25, 0.3) is 0 Å². The van der Waals surface area contributed by atoms with Crippen LogP contribution in [-0.2, 0) is 4.79 Å². The highest BCUT2D eigenvalue weighted by atomic mass is 35.5. The summed E-state index contributed by atoms with van der Waals surface area (Å²) in [6.07, 6.45) is 2.16. The molecule has 1 aromatic carbocycles. The van der Waals surface area contributed by atoms with Crippen molar-refractivity contribution in [3.63, 3.8) is 0 Å². The van der Waals surface area contributed by atoms with Gasteiger partial charge in [-0.15, -0.1) is 12.4 Å². The van der Waals surface area contributed by atoms with Crippen molar-refractivity contribution in [2.24, 2.45) is 0 Å². The van der Waals surface area contributed by atoms with Crippen LogP contribution in [0.1, 0.15) is 19.3 Å². The lowest BCUT2D eigenvalue weighted by Gasteiger charge is -2.23. The Morgan fingerprint density at radius 2 is 2.14 bits per heavy atom. The minimum absolute atomic E-state index is 0. The van der Waals surface area contributed by atoms with Gasteiger partial charge in [-0.05, 0) is 43.7 Å². The van der Waals surface area contributed by atoms with Gasteiger partial charge in [-0.1, -0.05) is 6.42 Å². The number of nitrogens with one attached hydrogen (secondary N) is 2. The summed E-state index contributed by atoms with van der Waals surface area (Å²) < 4.78 is 18.0. The van der Waals surface area contributed by atoms with Crippen molar-refractivity contribution in [3.05, 3.63) is 30.1 Å². The van der Waals surface area contributed by atoms with Crippen molar-refractivity contribution < 1.29 is 19.0 Å². The van der Waals surface area contributed by atoms with Crippen molar-refractivity contribution in [2.75, 3.05) is 19.7 Å². The summed E-state index contributed by atoms with van der Waals surface area (Å²) in [5.41, 5.74) is 0. The van der Waals surface area contributed by atoms with Crippen molar-refractivity contribution >= 4 is 18.3 Å². The number of hydrogen-bond acceptors (Lipinski definition) is 4. The maximum Gasteiger partial charge on any atom is 0.237 e. The molecular formula is C15H22ClFN2O3.